The van der Waals surface area contributed by atoms with E-state index >= 15 is 0 Å². The van der Waals surface area contributed by atoms with Crippen LogP contribution in [0.15, 0.2) is 22.7 Å². The first-order chi connectivity index (χ1) is 7.04. The first-order valence-electron chi connectivity index (χ1n) is 3.99. The standard InChI is InChI=1S/C9H9BrN2O3/c1-15-7-3-2-5(4-6(7)10)8(13)12-9(11)14/h2-4H,1H3,(H3,11,12,13,14). The van der Waals surface area contributed by atoms with Crippen molar-refractivity contribution in [2.24, 2.45) is 5.73 Å². The minimum atomic E-state index is -0.882. The zero-order chi connectivity index (χ0) is 11.4. The summed E-state index contributed by atoms with van der Waals surface area (Å²) >= 11 is 3.22. The van der Waals surface area contributed by atoms with Crippen molar-refractivity contribution in [2.45, 2.75) is 0 Å². The van der Waals surface area contributed by atoms with Crippen LogP contribution in [0.2, 0.25) is 0 Å². The number of halogens is 1. The number of carbonyl (C=O) groups excluding carboxylic acids is 2. The lowest BCUT2D eigenvalue weighted by molar-refractivity contribution is 0.0966. The van der Waals surface area contributed by atoms with Gasteiger partial charge in [0.25, 0.3) is 5.91 Å². The van der Waals surface area contributed by atoms with E-state index in [1.165, 1.54) is 19.2 Å². The van der Waals surface area contributed by atoms with Crippen LogP contribution in [0.4, 0.5) is 4.79 Å². The van der Waals surface area contributed by atoms with Gasteiger partial charge in [-0.05, 0) is 34.1 Å². The van der Waals surface area contributed by atoms with E-state index in [0.717, 1.165) is 0 Å². The Labute approximate surface area is 94.7 Å². The minimum Gasteiger partial charge on any atom is -0.496 e. The summed E-state index contributed by atoms with van der Waals surface area (Å²) < 4.78 is 5.62. The Morgan fingerprint density at radius 1 is 1.47 bits per heavy atom. The molecule has 0 radical (unpaired) electrons. The molecule has 80 valence electrons. The van der Waals surface area contributed by atoms with Gasteiger partial charge in [-0.25, -0.2) is 4.79 Å². The molecule has 0 saturated carbocycles. The highest BCUT2D eigenvalue weighted by Gasteiger charge is 2.09. The Hall–Kier alpha value is -1.56. The van der Waals surface area contributed by atoms with Gasteiger partial charge in [-0.2, -0.15) is 0 Å². The molecule has 0 bridgehead atoms. The molecule has 6 heteroatoms. The topological polar surface area (TPSA) is 81.4 Å². The number of methoxy groups -OCH3 is 1. The molecule has 15 heavy (non-hydrogen) atoms. The number of rotatable bonds is 2. The fourth-order valence-electron chi connectivity index (χ4n) is 0.992. The van der Waals surface area contributed by atoms with Crippen LogP contribution in [0.25, 0.3) is 0 Å². The van der Waals surface area contributed by atoms with E-state index in [-0.39, 0.29) is 0 Å². The molecule has 1 aromatic rings. The Morgan fingerprint density at radius 2 is 2.13 bits per heavy atom. The third-order valence-corrected chi connectivity index (χ3v) is 2.27. The molecule has 1 rings (SSSR count). The van der Waals surface area contributed by atoms with E-state index < -0.39 is 11.9 Å². The van der Waals surface area contributed by atoms with Crippen LogP contribution in [0.1, 0.15) is 10.4 Å². The molecule has 0 aliphatic heterocycles. The molecule has 0 atom stereocenters. The van der Waals surface area contributed by atoms with Gasteiger partial charge in [0.15, 0.2) is 0 Å². The van der Waals surface area contributed by atoms with Crippen molar-refractivity contribution in [2.75, 3.05) is 7.11 Å². The predicted molar refractivity (Wildman–Crippen MR) is 57.7 cm³/mol. The maximum Gasteiger partial charge on any atom is 0.319 e. The number of hydrogen-bond acceptors (Lipinski definition) is 3. The molecule has 0 spiro atoms. The number of ether oxygens (including phenoxy) is 1. The number of primary amides is 1. The summed E-state index contributed by atoms with van der Waals surface area (Å²) in [6.45, 7) is 0. The number of hydrogen-bond donors (Lipinski definition) is 2. The molecule has 3 N–H and O–H groups in total. The quantitative estimate of drug-likeness (QED) is 0.851. The zero-order valence-electron chi connectivity index (χ0n) is 7.91. The highest BCUT2D eigenvalue weighted by Crippen LogP contribution is 2.25. The molecule has 0 heterocycles. The summed E-state index contributed by atoms with van der Waals surface area (Å²) in [7, 11) is 1.52. The number of nitrogens with one attached hydrogen (secondary N) is 1. The molecular formula is C9H9BrN2O3. The Morgan fingerprint density at radius 3 is 2.60 bits per heavy atom. The van der Waals surface area contributed by atoms with Gasteiger partial charge < -0.3 is 10.5 Å². The van der Waals surface area contributed by atoms with Crippen molar-refractivity contribution < 1.29 is 14.3 Å². The van der Waals surface area contributed by atoms with Crippen molar-refractivity contribution in [3.63, 3.8) is 0 Å². The Kier molecular flexibility index (Phi) is 3.68. The second kappa shape index (κ2) is 4.79. The van der Waals surface area contributed by atoms with Crippen molar-refractivity contribution >= 4 is 27.9 Å². The molecule has 1 aromatic carbocycles. The number of nitrogens with two attached hydrogens (primary N) is 1. The second-order valence-electron chi connectivity index (χ2n) is 2.67. The number of amides is 3. The third kappa shape index (κ3) is 2.95. The Bertz CT molecular complexity index is 406. The van der Waals surface area contributed by atoms with Gasteiger partial charge >= 0.3 is 6.03 Å². The van der Waals surface area contributed by atoms with Crippen LogP contribution in [0.5, 0.6) is 5.75 Å². The first kappa shape index (κ1) is 11.5. The van der Waals surface area contributed by atoms with E-state index in [4.69, 9.17) is 10.5 Å². The first-order valence-corrected chi connectivity index (χ1v) is 4.78. The lowest BCUT2D eigenvalue weighted by atomic mass is 10.2. The predicted octanol–water partition coefficient (Wildman–Crippen LogP) is 1.27. The summed E-state index contributed by atoms with van der Waals surface area (Å²) in [4.78, 5) is 21.8. The molecule has 0 aliphatic carbocycles. The lowest BCUT2D eigenvalue weighted by Crippen LogP contribution is -2.34. The summed E-state index contributed by atoms with van der Waals surface area (Å²) in [5, 5.41) is 1.96. The fraction of sp³-hybridized carbons (Fsp3) is 0.111. The SMILES string of the molecule is COc1ccc(C(=O)NC(N)=O)cc1Br. The summed E-state index contributed by atoms with van der Waals surface area (Å²) in [5.41, 5.74) is 5.14. The van der Waals surface area contributed by atoms with Gasteiger partial charge in [0.05, 0.1) is 11.6 Å². The summed E-state index contributed by atoms with van der Waals surface area (Å²) in [5.74, 6) is 0.0523. The zero-order valence-corrected chi connectivity index (χ0v) is 9.50. The van der Waals surface area contributed by atoms with Crippen molar-refractivity contribution in [3.8, 4) is 5.75 Å². The maximum atomic E-state index is 11.3. The van der Waals surface area contributed by atoms with Crippen molar-refractivity contribution in [1.29, 1.82) is 0 Å². The highest BCUT2D eigenvalue weighted by atomic mass is 79.9. The van der Waals surface area contributed by atoms with E-state index in [9.17, 15) is 9.59 Å². The van der Waals surface area contributed by atoms with E-state index in [1.807, 2.05) is 5.32 Å². The molecule has 5 nitrogen and oxygen atoms in total. The minimum absolute atomic E-state index is 0.321. The maximum absolute atomic E-state index is 11.3. The molecule has 0 saturated heterocycles. The normalized spacial score (nSPS) is 9.47. The smallest absolute Gasteiger partial charge is 0.319 e. The van der Waals surface area contributed by atoms with Gasteiger partial charge in [-0.3, -0.25) is 10.1 Å². The largest absolute Gasteiger partial charge is 0.496 e. The van der Waals surface area contributed by atoms with Crippen molar-refractivity contribution in [3.05, 3.63) is 28.2 Å². The summed E-state index contributed by atoms with van der Waals surface area (Å²) in [6, 6.07) is 3.80. The third-order valence-electron chi connectivity index (χ3n) is 1.65. The number of carbonyl (C=O) groups is 2. The second-order valence-corrected chi connectivity index (χ2v) is 3.52. The van der Waals surface area contributed by atoms with Crippen LogP contribution < -0.4 is 15.8 Å². The summed E-state index contributed by atoms with van der Waals surface area (Å²) in [6.07, 6.45) is 0. The number of urea groups is 1. The molecule has 0 aliphatic rings. The van der Waals surface area contributed by atoms with Crippen LogP contribution >= 0.6 is 15.9 Å². The number of imide groups is 1. The average molecular weight is 273 g/mol. The van der Waals surface area contributed by atoms with Gasteiger partial charge in [0.1, 0.15) is 5.75 Å². The van der Waals surface area contributed by atoms with Crippen LogP contribution in [-0.2, 0) is 0 Å². The van der Waals surface area contributed by atoms with Crippen molar-refractivity contribution in [1.82, 2.24) is 5.32 Å². The van der Waals surface area contributed by atoms with Gasteiger partial charge in [-0.1, -0.05) is 0 Å². The monoisotopic (exact) mass is 272 g/mol. The van der Waals surface area contributed by atoms with Gasteiger partial charge in [0.2, 0.25) is 0 Å². The van der Waals surface area contributed by atoms with E-state index in [2.05, 4.69) is 15.9 Å². The fourth-order valence-corrected chi connectivity index (χ4v) is 1.53. The molecular weight excluding hydrogens is 264 g/mol. The number of benzene rings is 1. The molecule has 3 amide bonds. The van der Waals surface area contributed by atoms with Crippen LogP contribution in [0.3, 0.4) is 0 Å². The molecule has 0 aromatic heterocycles. The average Bonchev–Trinajstić information content (AvgIpc) is 2.16. The van der Waals surface area contributed by atoms with E-state index in [1.54, 1.807) is 6.07 Å². The highest BCUT2D eigenvalue weighted by molar-refractivity contribution is 9.10. The molecule has 0 fully saturated rings. The van der Waals surface area contributed by atoms with Crippen LogP contribution in [-0.4, -0.2) is 19.0 Å². The molecule has 0 unspecified atom stereocenters. The van der Waals surface area contributed by atoms with Gasteiger partial charge in [-0.15, -0.1) is 0 Å². The lowest BCUT2D eigenvalue weighted by Gasteiger charge is -2.05. The van der Waals surface area contributed by atoms with E-state index in [0.29, 0.717) is 15.8 Å². The van der Waals surface area contributed by atoms with Gasteiger partial charge in [0, 0.05) is 5.56 Å². The Balaban J connectivity index is 2.92. The van der Waals surface area contributed by atoms with Crippen LogP contribution in [0, 0.1) is 0 Å².